The lowest BCUT2D eigenvalue weighted by atomic mass is 10.1. The van der Waals surface area contributed by atoms with Gasteiger partial charge in [-0.05, 0) is 19.3 Å². The molecule has 6 heteroatoms. The molecular formula is C10H19NO4S. The maximum atomic E-state index is 11.8. The molecule has 0 amide bonds. The second kappa shape index (κ2) is 5.63. The van der Waals surface area contributed by atoms with Crippen LogP contribution in [0.3, 0.4) is 0 Å². The van der Waals surface area contributed by atoms with E-state index in [1.54, 1.807) is 0 Å². The maximum absolute atomic E-state index is 11.8. The fourth-order valence-electron chi connectivity index (χ4n) is 2.10. The summed E-state index contributed by atoms with van der Waals surface area (Å²) in [5, 5.41) is 8.79. The fraction of sp³-hybridized carbons (Fsp3) is 0.900. The van der Waals surface area contributed by atoms with Gasteiger partial charge in [0.15, 0.2) is 0 Å². The number of carboxylic acids is 1. The highest BCUT2D eigenvalue weighted by atomic mass is 32.2. The van der Waals surface area contributed by atoms with Gasteiger partial charge >= 0.3 is 5.97 Å². The lowest BCUT2D eigenvalue weighted by molar-refractivity contribution is -0.138. The highest BCUT2D eigenvalue weighted by Gasteiger charge is 2.32. The number of hydrogen-bond donors (Lipinski definition) is 1. The molecule has 1 saturated heterocycles. The minimum Gasteiger partial charge on any atom is -0.481 e. The van der Waals surface area contributed by atoms with Crippen LogP contribution in [0.2, 0.25) is 0 Å². The molecule has 0 aromatic heterocycles. The smallest absolute Gasteiger partial charge is 0.304 e. The molecule has 1 rings (SSSR count). The molecule has 0 radical (unpaired) electrons. The topological polar surface area (TPSA) is 74.7 Å². The quantitative estimate of drug-likeness (QED) is 0.790. The van der Waals surface area contributed by atoms with E-state index in [1.165, 1.54) is 4.31 Å². The molecule has 1 atom stereocenters. The van der Waals surface area contributed by atoms with Crippen LogP contribution in [-0.2, 0) is 14.8 Å². The van der Waals surface area contributed by atoms with Gasteiger partial charge in [-0.15, -0.1) is 0 Å². The molecule has 0 aromatic rings. The standard InChI is InChI=1S/C10H19NO4S/c1-2-5-9(8-10(12)13)11-6-3-4-7-16(11,14)15/h9H,2-8H2,1H3,(H,12,13). The van der Waals surface area contributed by atoms with Crippen molar-refractivity contribution < 1.29 is 18.3 Å². The number of rotatable bonds is 5. The fourth-order valence-corrected chi connectivity index (χ4v) is 3.95. The van der Waals surface area contributed by atoms with E-state index in [2.05, 4.69) is 0 Å². The van der Waals surface area contributed by atoms with E-state index in [0.717, 1.165) is 12.8 Å². The molecule has 0 saturated carbocycles. The van der Waals surface area contributed by atoms with E-state index in [9.17, 15) is 13.2 Å². The van der Waals surface area contributed by atoms with Crippen molar-refractivity contribution in [2.45, 2.75) is 45.1 Å². The average Bonchev–Trinajstić information content (AvgIpc) is 2.15. The molecule has 5 nitrogen and oxygen atoms in total. The van der Waals surface area contributed by atoms with Gasteiger partial charge in [0.25, 0.3) is 0 Å². The van der Waals surface area contributed by atoms with E-state index in [0.29, 0.717) is 19.4 Å². The highest BCUT2D eigenvalue weighted by Crippen LogP contribution is 2.21. The van der Waals surface area contributed by atoms with Crippen molar-refractivity contribution in [2.24, 2.45) is 0 Å². The Morgan fingerprint density at radius 2 is 2.12 bits per heavy atom. The summed E-state index contributed by atoms with van der Waals surface area (Å²) < 4.78 is 25.0. The van der Waals surface area contributed by atoms with Crippen molar-refractivity contribution in [1.29, 1.82) is 0 Å². The van der Waals surface area contributed by atoms with Gasteiger partial charge in [-0.1, -0.05) is 13.3 Å². The van der Waals surface area contributed by atoms with Crippen molar-refractivity contribution in [2.75, 3.05) is 12.3 Å². The lowest BCUT2D eigenvalue weighted by Crippen LogP contribution is -2.45. The average molecular weight is 249 g/mol. The number of sulfonamides is 1. The van der Waals surface area contributed by atoms with Crippen LogP contribution in [0.15, 0.2) is 0 Å². The summed E-state index contributed by atoms with van der Waals surface area (Å²) in [6, 6.07) is -0.368. The Morgan fingerprint density at radius 1 is 1.44 bits per heavy atom. The molecule has 0 aliphatic carbocycles. The van der Waals surface area contributed by atoms with Crippen LogP contribution < -0.4 is 0 Å². The minimum absolute atomic E-state index is 0.0902. The van der Waals surface area contributed by atoms with Gasteiger partial charge in [-0.25, -0.2) is 8.42 Å². The highest BCUT2D eigenvalue weighted by molar-refractivity contribution is 7.89. The van der Waals surface area contributed by atoms with Crippen molar-refractivity contribution in [3.63, 3.8) is 0 Å². The first-order chi connectivity index (χ1) is 7.47. The SMILES string of the molecule is CCCC(CC(=O)O)N1CCCCS1(=O)=O. The summed E-state index contributed by atoms with van der Waals surface area (Å²) in [4.78, 5) is 10.7. The molecule has 1 unspecified atom stereocenters. The Bertz CT molecular complexity index is 339. The number of hydrogen-bond acceptors (Lipinski definition) is 3. The number of carbonyl (C=O) groups is 1. The van der Waals surface area contributed by atoms with E-state index >= 15 is 0 Å². The van der Waals surface area contributed by atoms with Crippen LogP contribution in [0.4, 0.5) is 0 Å². The second-order valence-electron chi connectivity index (χ2n) is 4.17. The predicted molar refractivity (Wildman–Crippen MR) is 60.7 cm³/mol. The molecule has 0 bridgehead atoms. The first-order valence-corrected chi connectivity index (χ1v) is 7.29. The Labute approximate surface area is 96.5 Å². The number of carboxylic acid groups (broad SMARTS) is 1. The van der Waals surface area contributed by atoms with Crippen LogP contribution in [0, 0.1) is 0 Å². The molecule has 0 spiro atoms. The van der Waals surface area contributed by atoms with Gasteiger partial charge in [0.2, 0.25) is 10.0 Å². The summed E-state index contributed by atoms with van der Waals surface area (Å²) in [5.74, 6) is -0.772. The molecule has 94 valence electrons. The molecule has 0 aromatic carbocycles. The van der Waals surface area contributed by atoms with Crippen LogP contribution >= 0.6 is 0 Å². The normalized spacial score (nSPS) is 22.8. The Hall–Kier alpha value is -0.620. The summed E-state index contributed by atoms with van der Waals surface area (Å²) in [6.45, 7) is 2.41. The monoisotopic (exact) mass is 249 g/mol. The Kier molecular flexibility index (Phi) is 4.73. The van der Waals surface area contributed by atoms with Crippen molar-refractivity contribution in [1.82, 2.24) is 4.31 Å². The van der Waals surface area contributed by atoms with Crippen LogP contribution in [0.5, 0.6) is 0 Å². The van der Waals surface area contributed by atoms with Crippen molar-refractivity contribution in [3.05, 3.63) is 0 Å². The third-order valence-corrected chi connectivity index (χ3v) is 4.83. The minimum atomic E-state index is -3.22. The van der Waals surface area contributed by atoms with Crippen LogP contribution in [0.25, 0.3) is 0 Å². The molecule has 1 aliphatic rings. The second-order valence-corrected chi connectivity index (χ2v) is 6.22. The molecule has 1 N–H and O–H groups in total. The summed E-state index contributed by atoms with van der Waals surface area (Å²) in [5.41, 5.74) is 0. The first kappa shape index (κ1) is 13.4. The molecule has 1 heterocycles. The maximum Gasteiger partial charge on any atom is 0.304 e. The third kappa shape index (κ3) is 3.45. The van der Waals surface area contributed by atoms with Crippen molar-refractivity contribution >= 4 is 16.0 Å². The molecule has 16 heavy (non-hydrogen) atoms. The van der Waals surface area contributed by atoms with Gasteiger partial charge in [-0.3, -0.25) is 4.79 Å². The van der Waals surface area contributed by atoms with E-state index < -0.39 is 16.0 Å². The number of aliphatic carboxylic acids is 1. The van der Waals surface area contributed by atoms with Gasteiger partial charge in [-0.2, -0.15) is 4.31 Å². The molecular weight excluding hydrogens is 230 g/mol. The van der Waals surface area contributed by atoms with Gasteiger partial charge in [0, 0.05) is 12.6 Å². The van der Waals surface area contributed by atoms with Gasteiger partial charge < -0.3 is 5.11 Å². The summed E-state index contributed by atoms with van der Waals surface area (Å²) in [7, 11) is -3.22. The zero-order chi connectivity index (χ0) is 12.2. The zero-order valence-corrected chi connectivity index (χ0v) is 10.4. The van der Waals surface area contributed by atoms with E-state index in [-0.39, 0.29) is 18.2 Å². The first-order valence-electron chi connectivity index (χ1n) is 5.68. The van der Waals surface area contributed by atoms with E-state index in [1.807, 2.05) is 6.92 Å². The zero-order valence-electron chi connectivity index (χ0n) is 9.55. The lowest BCUT2D eigenvalue weighted by Gasteiger charge is -2.32. The van der Waals surface area contributed by atoms with Crippen molar-refractivity contribution in [3.8, 4) is 0 Å². The molecule has 1 fully saturated rings. The Balaban J connectivity index is 2.79. The summed E-state index contributed by atoms with van der Waals surface area (Å²) in [6.07, 6.45) is 2.84. The van der Waals surface area contributed by atoms with Crippen LogP contribution in [-0.4, -0.2) is 42.1 Å². The van der Waals surface area contributed by atoms with Crippen LogP contribution in [0.1, 0.15) is 39.0 Å². The number of nitrogens with zero attached hydrogens (tertiary/aromatic N) is 1. The Morgan fingerprint density at radius 3 is 2.62 bits per heavy atom. The largest absolute Gasteiger partial charge is 0.481 e. The molecule has 1 aliphatic heterocycles. The summed E-state index contributed by atoms with van der Waals surface area (Å²) >= 11 is 0. The predicted octanol–water partition coefficient (Wildman–Crippen LogP) is 1.06. The third-order valence-electron chi connectivity index (χ3n) is 2.83. The van der Waals surface area contributed by atoms with Gasteiger partial charge in [0.05, 0.1) is 12.2 Å². The van der Waals surface area contributed by atoms with Gasteiger partial charge in [0.1, 0.15) is 0 Å². The van der Waals surface area contributed by atoms with E-state index in [4.69, 9.17) is 5.11 Å².